The molecular weight excluding hydrogens is 376 g/mol. The Balaban J connectivity index is 1.60. The highest BCUT2D eigenvalue weighted by atomic mass is 15.1. The van der Waals surface area contributed by atoms with Crippen molar-refractivity contribution in [2.24, 2.45) is 7.05 Å². The summed E-state index contributed by atoms with van der Waals surface area (Å²) in [6.45, 7) is 0. The number of benzene rings is 5. The average molecular weight is 399 g/mol. The molecular formula is C29H22N2. The quantitative estimate of drug-likeness (QED) is 0.293. The second-order valence-corrected chi connectivity index (χ2v) is 7.98. The summed E-state index contributed by atoms with van der Waals surface area (Å²) in [7, 11) is 2.15. The van der Waals surface area contributed by atoms with Crippen molar-refractivity contribution < 1.29 is 0 Å². The SMILES string of the molecule is Cn1c2ccccc2c2ccc(N(c3ccccc3)c3ccc4ccccc4c3)cc21. The van der Waals surface area contributed by atoms with E-state index in [1.165, 1.54) is 32.6 Å². The van der Waals surface area contributed by atoms with E-state index >= 15 is 0 Å². The van der Waals surface area contributed by atoms with E-state index in [0.717, 1.165) is 17.1 Å². The fourth-order valence-electron chi connectivity index (χ4n) is 4.63. The van der Waals surface area contributed by atoms with Crippen LogP contribution >= 0.6 is 0 Å². The Morgan fingerprint density at radius 1 is 0.484 bits per heavy atom. The second kappa shape index (κ2) is 7.03. The van der Waals surface area contributed by atoms with Crippen molar-refractivity contribution in [3.05, 3.63) is 115 Å². The second-order valence-electron chi connectivity index (χ2n) is 7.98. The van der Waals surface area contributed by atoms with Crippen molar-refractivity contribution in [2.45, 2.75) is 0 Å². The van der Waals surface area contributed by atoms with E-state index in [9.17, 15) is 0 Å². The van der Waals surface area contributed by atoms with E-state index < -0.39 is 0 Å². The molecule has 6 rings (SSSR count). The van der Waals surface area contributed by atoms with E-state index in [1.807, 2.05) is 0 Å². The molecule has 0 aliphatic carbocycles. The Kier molecular flexibility index (Phi) is 4.03. The van der Waals surface area contributed by atoms with Crippen LogP contribution in [0.2, 0.25) is 0 Å². The molecule has 0 atom stereocenters. The number of nitrogens with zero attached hydrogens (tertiary/aromatic N) is 2. The summed E-state index contributed by atoms with van der Waals surface area (Å²) in [6, 6.07) is 41.2. The number of aryl methyl sites for hydroxylation is 1. The summed E-state index contributed by atoms with van der Waals surface area (Å²) < 4.78 is 2.29. The van der Waals surface area contributed by atoms with E-state index in [4.69, 9.17) is 0 Å². The summed E-state index contributed by atoms with van der Waals surface area (Å²) in [5, 5.41) is 5.08. The fraction of sp³-hybridized carbons (Fsp3) is 0.0345. The average Bonchev–Trinajstić information content (AvgIpc) is 3.12. The Morgan fingerprint density at radius 2 is 1.13 bits per heavy atom. The minimum absolute atomic E-state index is 1.15. The third kappa shape index (κ3) is 2.88. The van der Waals surface area contributed by atoms with E-state index in [-0.39, 0.29) is 0 Å². The van der Waals surface area contributed by atoms with Gasteiger partial charge in [0.1, 0.15) is 0 Å². The maximum atomic E-state index is 2.34. The largest absolute Gasteiger partial charge is 0.344 e. The van der Waals surface area contributed by atoms with Crippen LogP contribution < -0.4 is 4.90 Å². The summed E-state index contributed by atoms with van der Waals surface area (Å²) in [5.41, 5.74) is 5.95. The number of fused-ring (bicyclic) bond motifs is 4. The molecule has 1 aromatic heterocycles. The Labute approximate surface area is 181 Å². The van der Waals surface area contributed by atoms with Gasteiger partial charge in [-0.15, -0.1) is 0 Å². The fourth-order valence-corrected chi connectivity index (χ4v) is 4.63. The van der Waals surface area contributed by atoms with Crippen LogP contribution in [0.3, 0.4) is 0 Å². The molecule has 0 aliphatic rings. The highest BCUT2D eigenvalue weighted by molar-refractivity contribution is 6.09. The summed E-state index contributed by atoms with van der Waals surface area (Å²) in [4.78, 5) is 2.34. The number of hydrogen-bond acceptors (Lipinski definition) is 1. The van der Waals surface area contributed by atoms with Gasteiger partial charge in [-0.05, 0) is 53.2 Å². The molecule has 6 aromatic rings. The molecule has 1 heterocycles. The maximum Gasteiger partial charge on any atom is 0.0509 e. The molecule has 2 heteroatoms. The van der Waals surface area contributed by atoms with Crippen LogP contribution in [0.25, 0.3) is 32.6 Å². The van der Waals surface area contributed by atoms with Gasteiger partial charge in [-0.25, -0.2) is 0 Å². The molecule has 5 aromatic carbocycles. The number of aromatic nitrogens is 1. The Bertz CT molecular complexity index is 1540. The minimum Gasteiger partial charge on any atom is -0.344 e. The first-order chi connectivity index (χ1) is 15.3. The van der Waals surface area contributed by atoms with Crippen molar-refractivity contribution in [2.75, 3.05) is 4.90 Å². The lowest BCUT2D eigenvalue weighted by molar-refractivity contribution is 1.01. The zero-order valence-corrected chi connectivity index (χ0v) is 17.4. The van der Waals surface area contributed by atoms with Crippen molar-refractivity contribution in [3.63, 3.8) is 0 Å². The number of hydrogen-bond donors (Lipinski definition) is 0. The lowest BCUT2D eigenvalue weighted by atomic mass is 10.1. The van der Waals surface area contributed by atoms with Gasteiger partial charge in [0.25, 0.3) is 0 Å². The van der Waals surface area contributed by atoms with E-state index in [1.54, 1.807) is 0 Å². The highest BCUT2D eigenvalue weighted by Gasteiger charge is 2.15. The van der Waals surface area contributed by atoms with Crippen molar-refractivity contribution in [1.82, 2.24) is 4.57 Å². The summed E-state index contributed by atoms with van der Waals surface area (Å²) >= 11 is 0. The minimum atomic E-state index is 1.15. The molecule has 0 saturated carbocycles. The maximum absolute atomic E-state index is 2.34. The lowest BCUT2D eigenvalue weighted by Gasteiger charge is -2.26. The molecule has 0 bridgehead atoms. The van der Waals surface area contributed by atoms with Gasteiger partial charge in [-0.2, -0.15) is 0 Å². The molecule has 31 heavy (non-hydrogen) atoms. The van der Waals surface area contributed by atoms with Crippen LogP contribution in [0, 0.1) is 0 Å². The normalized spacial score (nSPS) is 11.4. The molecule has 0 unspecified atom stereocenters. The van der Waals surface area contributed by atoms with Gasteiger partial charge in [0, 0.05) is 40.4 Å². The molecule has 0 radical (unpaired) electrons. The lowest BCUT2D eigenvalue weighted by Crippen LogP contribution is -2.09. The van der Waals surface area contributed by atoms with Crippen LogP contribution in [0.15, 0.2) is 115 Å². The third-order valence-electron chi connectivity index (χ3n) is 6.16. The third-order valence-corrected chi connectivity index (χ3v) is 6.16. The molecule has 0 fully saturated rings. The first kappa shape index (κ1) is 17.8. The summed E-state index contributed by atoms with van der Waals surface area (Å²) in [5.74, 6) is 0. The molecule has 2 nitrogen and oxygen atoms in total. The topological polar surface area (TPSA) is 8.17 Å². The van der Waals surface area contributed by atoms with Gasteiger partial charge in [-0.3, -0.25) is 0 Å². The monoisotopic (exact) mass is 398 g/mol. The first-order valence-corrected chi connectivity index (χ1v) is 10.6. The van der Waals surface area contributed by atoms with Gasteiger partial charge in [-0.1, -0.05) is 72.8 Å². The van der Waals surface area contributed by atoms with Crippen LogP contribution in [0.5, 0.6) is 0 Å². The smallest absolute Gasteiger partial charge is 0.0509 e. The van der Waals surface area contributed by atoms with Crippen LogP contribution in [0.4, 0.5) is 17.1 Å². The number of para-hydroxylation sites is 2. The summed E-state index contributed by atoms with van der Waals surface area (Å²) in [6.07, 6.45) is 0. The van der Waals surface area contributed by atoms with Crippen LogP contribution in [0.1, 0.15) is 0 Å². The van der Waals surface area contributed by atoms with Gasteiger partial charge >= 0.3 is 0 Å². The molecule has 0 saturated heterocycles. The Hall–Kier alpha value is -4.04. The number of anilines is 3. The van der Waals surface area contributed by atoms with E-state index in [0.29, 0.717) is 0 Å². The van der Waals surface area contributed by atoms with Gasteiger partial charge in [0.05, 0.1) is 5.52 Å². The standard InChI is InChI=1S/C29H22N2/c1-30-28-14-8-7-13-26(28)27-18-17-25(20-29(27)30)31(23-11-3-2-4-12-23)24-16-15-21-9-5-6-10-22(21)19-24/h2-20H,1H3. The molecule has 0 N–H and O–H groups in total. The van der Waals surface area contributed by atoms with E-state index in [2.05, 4.69) is 132 Å². The predicted molar refractivity (Wildman–Crippen MR) is 133 cm³/mol. The van der Waals surface area contributed by atoms with Gasteiger partial charge in [0.15, 0.2) is 0 Å². The van der Waals surface area contributed by atoms with Crippen molar-refractivity contribution >= 4 is 49.6 Å². The van der Waals surface area contributed by atoms with Crippen LogP contribution in [-0.4, -0.2) is 4.57 Å². The van der Waals surface area contributed by atoms with Crippen LogP contribution in [-0.2, 0) is 7.05 Å². The molecule has 0 spiro atoms. The Morgan fingerprint density at radius 3 is 2.00 bits per heavy atom. The van der Waals surface area contributed by atoms with Crippen molar-refractivity contribution in [3.8, 4) is 0 Å². The molecule has 148 valence electrons. The number of rotatable bonds is 3. The van der Waals surface area contributed by atoms with Gasteiger partial charge in [0.2, 0.25) is 0 Å². The molecule has 0 aliphatic heterocycles. The van der Waals surface area contributed by atoms with Crippen molar-refractivity contribution in [1.29, 1.82) is 0 Å². The zero-order valence-electron chi connectivity index (χ0n) is 17.4. The highest BCUT2D eigenvalue weighted by Crippen LogP contribution is 2.38. The van der Waals surface area contributed by atoms with Gasteiger partial charge < -0.3 is 9.47 Å². The zero-order chi connectivity index (χ0) is 20.8. The first-order valence-electron chi connectivity index (χ1n) is 10.6. The molecule has 0 amide bonds. The predicted octanol–water partition coefficient (Wildman–Crippen LogP) is 7.95.